The molecule has 0 unspecified atom stereocenters. The minimum atomic E-state index is -0.443. The molecule has 0 aliphatic carbocycles. The van der Waals surface area contributed by atoms with Crippen LogP contribution in [0.2, 0.25) is 0 Å². The third kappa shape index (κ3) is 2.14. The number of primary amides is 1. The summed E-state index contributed by atoms with van der Waals surface area (Å²) in [6, 6.07) is 7.55. The Kier molecular flexibility index (Phi) is 3.10. The third-order valence-corrected chi connectivity index (χ3v) is 3.56. The maximum absolute atomic E-state index is 11.2. The number of amides is 1. The van der Waals surface area contributed by atoms with Crippen molar-refractivity contribution in [2.75, 3.05) is 7.11 Å². The molecule has 1 heterocycles. The number of benzene rings is 1. The number of nitrogens with zero attached hydrogens (tertiary/aromatic N) is 1. The number of hydrogen-bond donors (Lipinski definition) is 1. The number of ether oxygens (including phenoxy) is 1. The van der Waals surface area contributed by atoms with E-state index >= 15 is 0 Å². The van der Waals surface area contributed by atoms with Crippen LogP contribution < -0.4 is 10.5 Å². The number of rotatable bonds is 3. The highest BCUT2D eigenvalue weighted by molar-refractivity contribution is 7.17. The second-order valence-electron chi connectivity index (χ2n) is 3.50. The van der Waals surface area contributed by atoms with Gasteiger partial charge in [-0.05, 0) is 19.1 Å². The number of aryl methyl sites for hydroxylation is 1. The zero-order chi connectivity index (χ0) is 12.4. The van der Waals surface area contributed by atoms with Crippen molar-refractivity contribution < 1.29 is 9.53 Å². The lowest BCUT2D eigenvalue weighted by atomic mass is 10.2. The molecule has 2 N–H and O–H groups in total. The Morgan fingerprint density at radius 3 is 2.71 bits per heavy atom. The smallest absolute Gasteiger partial charge is 0.260 e. The minimum Gasteiger partial charge on any atom is -0.496 e. The van der Waals surface area contributed by atoms with Crippen LogP contribution in [0.25, 0.3) is 10.6 Å². The van der Waals surface area contributed by atoms with Gasteiger partial charge in [0.15, 0.2) is 0 Å². The summed E-state index contributed by atoms with van der Waals surface area (Å²) in [5.41, 5.74) is 6.80. The average Bonchev–Trinajstić information content (AvgIpc) is 2.71. The summed E-state index contributed by atoms with van der Waals surface area (Å²) in [7, 11) is 1.61. The molecule has 2 aromatic rings. The molecular weight excluding hydrogens is 236 g/mol. The molecule has 0 saturated carbocycles. The summed E-state index contributed by atoms with van der Waals surface area (Å²) in [4.78, 5) is 16.0. The molecule has 0 aliphatic heterocycles. The number of carbonyl (C=O) groups excluding carboxylic acids is 1. The van der Waals surface area contributed by atoms with Gasteiger partial charge in [-0.3, -0.25) is 4.79 Å². The molecule has 0 radical (unpaired) electrons. The van der Waals surface area contributed by atoms with Gasteiger partial charge < -0.3 is 10.5 Å². The SMILES string of the molecule is COc1ccccc1-c1nc(C)c(C(N)=O)s1. The quantitative estimate of drug-likeness (QED) is 0.905. The highest BCUT2D eigenvalue weighted by Crippen LogP contribution is 2.33. The van der Waals surface area contributed by atoms with Crippen LogP contribution in [0, 0.1) is 6.92 Å². The van der Waals surface area contributed by atoms with E-state index in [9.17, 15) is 4.79 Å². The van der Waals surface area contributed by atoms with E-state index in [4.69, 9.17) is 10.5 Å². The molecule has 2 rings (SSSR count). The van der Waals surface area contributed by atoms with Crippen LogP contribution in [0.5, 0.6) is 5.75 Å². The van der Waals surface area contributed by atoms with Crippen LogP contribution in [0.4, 0.5) is 0 Å². The summed E-state index contributed by atoms with van der Waals surface area (Å²) in [5.74, 6) is 0.290. The Labute approximate surface area is 103 Å². The number of nitrogens with two attached hydrogens (primary N) is 1. The van der Waals surface area contributed by atoms with Gasteiger partial charge >= 0.3 is 0 Å². The first kappa shape index (κ1) is 11.6. The lowest BCUT2D eigenvalue weighted by Gasteiger charge is -2.04. The molecule has 0 atom stereocenters. The van der Waals surface area contributed by atoms with Crippen molar-refractivity contribution >= 4 is 17.2 Å². The summed E-state index contributed by atoms with van der Waals surface area (Å²) < 4.78 is 5.26. The molecule has 88 valence electrons. The molecule has 1 aromatic carbocycles. The lowest BCUT2D eigenvalue weighted by molar-refractivity contribution is 0.100. The third-order valence-electron chi connectivity index (χ3n) is 2.36. The molecule has 0 aliphatic rings. The van der Waals surface area contributed by atoms with Gasteiger partial charge in [0.2, 0.25) is 0 Å². The topological polar surface area (TPSA) is 65.2 Å². The molecule has 4 nitrogen and oxygen atoms in total. The van der Waals surface area contributed by atoms with Crippen molar-refractivity contribution in [3.8, 4) is 16.3 Å². The first-order valence-corrected chi connectivity index (χ1v) is 5.85. The van der Waals surface area contributed by atoms with E-state index in [1.54, 1.807) is 14.0 Å². The van der Waals surface area contributed by atoms with E-state index in [-0.39, 0.29) is 0 Å². The normalized spacial score (nSPS) is 10.2. The van der Waals surface area contributed by atoms with E-state index in [0.29, 0.717) is 10.6 Å². The van der Waals surface area contributed by atoms with Crippen LogP contribution in [0.3, 0.4) is 0 Å². The molecule has 0 fully saturated rings. The number of para-hydroxylation sites is 1. The zero-order valence-corrected chi connectivity index (χ0v) is 10.4. The fourth-order valence-corrected chi connectivity index (χ4v) is 2.51. The van der Waals surface area contributed by atoms with Crippen LogP contribution in [0.1, 0.15) is 15.4 Å². The lowest BCUT2D eigenvalue weighted by Crippen LogP contribution is -2.09. The monoisotopic (exact) mass is 248 g/mol. The van der Waals surface area contributed by atoms with E-state index < -0.39 is 5.91 Å². The number of methoxy groups -OCH3 is 1. The van der Waals surface area contributed by atoms with E-state index in [0.717, 1.165) is 16.3 Å². The van der Waals surface area contributed by atoms with Crippen molar-refractivity contribution in [3.63, 3.8) is 0 Å². The summed E-state index contributed by atoms with van der Waals surface area (Å²) in [6.45, 7) is 1.77. The highest BCUT2D eigenvalue weighted by atomic mass is 32.1. The first-order valence-electron chi connectivity index (χ1n) is 5.04. The fraction of sp³-hybridized carbons (Fsp3) is 0.167. The second-order valence-corrected chi connectivity index (χ2v) is 4.50. The van der Waals surface area contributed by atoms with Crippen LogP contribution >= 0.6 is 11.3 Å². The van der Waals surface area contributed by atoms with Crippen molar-refractivity contribution in [1.82, 2.24) is 4.98 Å². The van der Waals surface area contributed by atoms with Crippen LogP contribution in [-0.2, 0) is 0 Å². The molecule has 17 heavy (non-hydrogen) atoms. The first-order chi connectivity index (χ1) is 8.13. The summed E-state index contributed by atoms with van der Waals surface area (Å²) in [6.07, 6.45) is 0. The van der Waals surface area contributed by atoms with E-state index in [1.165, 1.54) is 11.3 Å². The molecule has 1 amide bonds. The van der Waals surface area contributed by atoms with Gasteiger partial charge in [-0.1, -0.05) is 12.1 Å². The van der Waals surface area contributed by atoms with Crippen molar-refractivity contribution in [1.29, 1.82) is 0 Å². The molecular formula is C12H12N2O2S. The number of carbonyl (C=O) groups is 1. The Morgan fingerprint density at radius 2 is 2.12 bits per heavy atom. The Hall–Kier alpha value is -1.88. The van der Waals surface area contributed by atoms with Gasteiger partial charge in [0.1, 0.15) is 15.6 Å². The van der Waals surface area contributed by atoms with Crippen molar-refractivity contribution in [3.05, 3.63) is 34.8 Å². The van der Waals surface area contributed by atoms with Crippen LogP contribution in [-0.4, -0.2) is 18.0 Å². The molecule has 0 spiro atoms. The Morgan fingerprint density at radius 1 is 1.41 bits per heavy atom. The van der Waals surface area contributed by atoms with Gasteiger partial charge in [-0.2, -0.15) is 0 Å². The van der Waals surface area contributed by atoms with Crippen LogP contribution in [0.15, 0.2) is 24.3 Å². The van der Waals surface area contributed by atoms with Gasteiger partial charge in [0.25, 0.3) is 5.91 Å². The predicted molar refractivity (Wildman–Crippen MR) is 67.4 cm³/mol. The largest absolute Gasteiger partial charge is 0.496 e. The molecule has 0 bridgehead atoms. The molecule has 0 saturated heterocycles. The fourth-order valence-electron chi connectivity index (χ4n) is 1.56. The summed E-state index contributed by atoms with van der Waals surface area (Å²) in [5, 5.41) is 0.744. The number of hydrogen-bond acceptors (Lipinski definition) is 4. The second kappa shape index (κ2) is 4.55. The Bertz CT molecular complexity index is 563. The van der Waals surface area contributed by atoms with Gasteiger partial charge in [0, 0.05) is 0 Å². The average molecular weight is 248 g/mol. The van der Waals surface area contributed by atoms with Gasteiger partial charge in [0.05, 0.1) is 18.4 Å². The molecule has 1 aromatic heterocycles. The maximum atomic E-state index is 11.2. The number of thiazole rings is 1. The van der Waals surface area contributed by atoms with Crippen molar-refractivity contribution in [2.45, 2.75) is 6.92 Å². The zero-order valence-electron chi connectivity index (χ0n) is 9.56. The van der Waals surface area contributed by atoms with E-state index in [2.05, 4.69) is 4.98 Å². The summed E-state index contributed by atoms with van der Waals surface area (Å²) >= 11 is 1.28. The van der Waals surface area contributed by atoms with Gasteiger partial charge in [-0.15, -0.1) is 11.3 Å². The number of aromatic nitrogens is 1. The maximum Gasteiger partial charge on any atom is 0.260 e. The standard InChI is InChI=1S/C12H12N2O2S/c1-7-10(11(13)15)17-12(14-7)8-5-3-4-6-9(8)16-2/h3-6H,1-2H3,(H2,13,15). The molecule has 5 heteroatoms. The van der Waals surface area contributed by atoms with Crippen molar-refractivity contribution in [2.24, 2.45) is 5.73 Å². The predicted octanol–water partition coefficient (Wildman–Crippen LogP) is 2.23. The van der Waals surface area contributed by atoms with Gasteiger partial charge in [-0.25, -0.2) is 4.98 Å². The van der Waals surface area contributed by atoms with E-state index in [1.807, 2.05) is 24.3 Å². The Balaban J connectivity index is 2.53. The minimum absolute atomic E-state index is 0.443. The highest BCUT2D eigenvalue weighted by Gasteiger charge is 2.15.